The highest BCUT2D eigenvalue weighted by Crippen LogP contribution is 2.19. The Morgan fingerprint density at radius 3 is 2.62 bits per heavy atom. The molecule has 4 N–H and O–H groups in total. The van der Waals surface area contributed by atoms with Crippen molar-refractivity contribution in [2.45, 2.75) is 12.5 Å². The number of phenols is 1. The molecule has 1 aromatic carbocycles. The van der Waals surface area contributed by atoms with Crippen LogP contribution < -0.4 is 11.1 Å². The normalized spacial score (nSPS) is 12.0. The Morgan fingerprint density at radius 2 is 2.00 bits per heavy atom. The molecule has 110 valence electrons. The number of carbonyl (C=O) groups is 1. The van der Waals surface area contributed by atoms with Gasteiger partial charge in [-0.2, -0.15) is 0 Å². The van der Waals surface area contributed by atoms with Crippen LogP contribution in [0.25, 0.3) is 0 Å². The monoisotopic (exact) mass is 414 g/mol. The first-order chi connectivity index (χ1) is 9.95. The van der Waals surface area contributed by atoms with Gasteiger partial charge in [-0.05, 0) is 56.0 Å². The summed E-state index contributed by atoms with van der Waals surface area (Å²) >= 11 is 6.39. The van der Waals surface area contributed by atoms with Crippen LogP contribution in [0.3, 0.4) is 0 Å². The molecule has 0 aliphatic rings. The molecule has 0 saturated heterocycles. The molecule has 8 heteroatoms. The van der Waals surface area contributed by atoms with Crippen molar-refractivity contribution in [1.82, 2.24) is 9.97 Å². The largest absolute Gasteiger partial charge is 0.508 e. The van der Waals surface area contributed by atoms with E-state index in [0.717, 1.165) is 5.56 Å². The van der Waals surface area contributed by atoms with Crippen LogP contribution in [0.1, 0.15) is 5.56 Å². The Labute approximate surface area is 138 Å². The van der Waals surface area contributed by atoms with Crippen LogP contribution in [0, 0.1) is 0 Å². The van der Waals surface area contributed by atoms with E-state index in [-0.39, 0.29) is 11.7 Å². The zero-order valence-corrected chi connectivity index (χ0v) is 13.9. The summed E-state index contributed by atoms with van der Waals surface area (Å²) in [5.41, 5.74) is 6.73. The summed E-state index contributed by atoms with van der Waals surface area (Å²) < 4.78 is 0.975. The topological polar surface area (TPSA) is 101 Å². The zero-order valence-electron chi connectivity index (χ0n) is 10.8. The fourth-order valence-electron chi connectivity index (χ4n) is 1.62. The van der Waals surface area contributed by atoms with E-state index >= 15 is 0 Å². The molecule has 2 aromatic rings. The number of anilines is 1. The number of rotatable bonds is 4. The highest BCUT2D eigenvalue weighted by atomic mass is 79.9. The van der Waals surface area contributed by atoms with Crippen molar-refractivity contribution in [1.29, 1.82) is 0 Å². The Bertz CT molecular complexity index is 649. The first-order valence-corrected chi connectivity index (χ1v) is 7.56. The molecule has 0 radical (unpaired) electrons. The van der Waals surface area contributed by atoms with Gasteiger partial charge < -0.3 is 16.2 Å². The van der Waals surface area contributed by atoms with E-state index in [1.807, 2.05) is 0 Å². The first kappa shape index (κ1) is 15.9. The minimum absolute atomic E-state index is 0.172. The lowest BCUT2D eigenvalue weighted by atomic mass is 10.1. The Balaban J connectivity index is 2.00. The van der Waals surface area contributed by atoms with Crippen molar-refractivity contribution in [2.75, 3.05) is 5.32 Å². The molecule has 1 amide bonds. The standard InChI is InChI=1S/C13H12Br2N4O2/c14-10-6-17-12(11(15)18-10)19-13(21)9(16)5-7-1-3-8(20)4-2-7/h1-4,6,9,20H,5,16H2,(H,17,19,21)/t9-/m0/s1. The molecule has 1 aromatic heterocycles. The molecule has 6 nitrogen and oxygen atoms in total. The summed E-state index contributed by atoms with van der Waals surface area (Å²) in [5, 5.41) is 11.8. The van der Waals surface area contributed by atoms with Crippen LogP contribution in [0.4, 0.5) is 5.82 Å². The number of halogens is 2. The number of benzene rings is 1. The maximum Gasteiger partial charge on any atom is 0.242 e. The minimum atomic E-state index is -0.730. The van der Waals surface area contributed by atoms with E-state index in [4.69, 9.17) is 5.73 Å². The fourth-order valence-corrected chi connectivity index (χ4v) is 2.53. The van der Waals surface area contributed by atoms with Gasteiger partial charge in [0.2, 0.25) is 5.91 Å². The zero-order chi connectivity index (χ0) is 15.4. The molecular weight excluding hydrogens is 404 g/mol. The Morgan fingerprint density at radius 1 is 1.33 bits per heavy atom. The molecule has 0 saturated carbocycles. The van der Waals surface area contributed by atoms with E-state index in [1.165, 1.54) is 6.20 Å². The van der Waals surface area contributed by atoms with Crippen molar-refractivity contribution in [2.24, 2.45) is 5.73 Å². The predicted molar refractivity (Wildman–Crippen MR) is 85.8 cm³/mol. The van der Waals surface area contributed by atoms with Crippen LogP contribution in [0.2, 0.25) is 0 Å². The number of hydrogen-bond donors (Lipinski definition) is 3. The minimum Gasteiger partial charge on any atom is -0.508 e. The fraction of sp³-hybridized carbons (Fsp3) is 0.154. The molecule has 0 aliphatic heterocycles. The van der Waals surface area contributed by atoms with E-state index in [0.29, 0.717) is 21.4 Å². The number of aromatic hydroxyl groups is 1. The molecule has 2 rings (SSSR count). The van der Waals surface area contributed by atoms with E-state index < -0.39 is 6.04 Å². The van der Waals surface area contributed by atoms with E-state index in [2.05, 4.69) is 47.1 Å². The second-order valence-corrected chi connectivity index (χ2v) is 5.86. The second-order valence-electron chi connectivity index (χ2n) is 4.30. The first-order valence-electron chi connectivity index (χ1n) is 5.98. The lowest BCUT2D eigenvalue weighted by molar-refractivity contribution is -0.117. The van der Waals surface area contributed by atoms with Crippen LogP contribution in [0.15, 0.2) is 39.7 Å². The number of nitrogens with zero attached hydrogens (tertiary/aromatic N) is 2. The summed E-state index contributed by atoms with van der Waals surface area (Å²) in [5.74, 6) is 0.121. The number of aromatic nitrogens is 2. The summed E-state index contributed by atoms with van der Waals surface area (Å²) in [6.45, 7) is 0. The van der Waals surface area contributed by atoms with E-state index in [1.54, 1.807) is 24.3 Å². The Kier molecular flexibility index (Phi) is 5.27. The maximum atomic E-state index is 12.0. The smallest absolute Gasteiger partial charge is 0.242 e. The molecule has 0 fully saturated rings. The second kappa shape index (κ2) is 6.97. The van der Waals surface area contributed by atoms with Crippen LogP contribution >= 0.6 is 31.9 Å². The van der Waals surface area contributed by atoms with Crippen molar-refractivity contribution < 1.29 is 9.90 Å². The summed E-state index contributed by atoms with van der Waals surface area (Å²) in [4.78, 5) is 20.1. The summed E-state index contributed by atoms with van der Waals surface area (Å²) in [7, 11) is 0. The van der Waals surface area contributed by atoms with Crippen LogP contribution in [-0.2, 0) is 11.2 Å². The highest BCUT2D eigenvalue weighted by Gasteiger charge is 2.16. The van der Waals surface area contributed by atoms with Gasteiger partial charge in [0.25, 0.3) is 0 Å². The van der Waals surface area contributed by atoms with Crippen molar-refractivity contribution in [3.63, 3.8) is 0 Å². The van der Waals surface area contributed by atoms with Crippen LogP contribution in [0.5, 0.6) is 5.75 Å². The third kappa shape index (κ3) is 4.48. The molecule has 1 atom stereocenters. The molecular formula is C13H12Br2N4O2. The highest BCUT2D eigenvalue weighted by molar-refractivity contribution is 9.11. The number of carbonyl (C=O) groups excluding carboxylic acids is 1. The van der Waals surface area contributed by atoms with Gasteiger partial charge in [-0.3, -0.25) is 4.79 Å². The number of phenolic OH excluding ortho intramolecular Hbond substituents is 1. The van der Waals surface area contributed by atoms with Gasteiger partial charge in [0, 0.05) is 0 Å². The van der Waals surface area contributed by atoms with Gasteiger partial charge in [0.1, 0.15) is 15.0 Å². The third-order valence-electron chi connectivity index (χ3n) is 2.67. The van der Waals surface area contributed by atoms with Gasteiger partial charge in [-0.15, -0.1) is 0 Å². The summed E-state index contributed by atoms with van der Waals surface area (Å²) in [6, 6.07) is 5.82. The average Bonchev–Trinajstić information content (AvgIpc) is 2.44. The number of amides is 1. The number of hydrogen-bond acceptors (Lipinski definition) is 5. The third-order valence-corrected chi connectivity index (χ3v) is 3.61. The van der Waals surface area contributed by atoms with Gasteiger partial charge in [0.15, 0.2) is 5.82 Å². The quantitative estimate of drug-likeness (QED) is 0.710. The molecule has 0 bridgehead atoms. The number of nitrogens with two attached hydrogens (primary N) is 1. The maximum absolute atomic E-state index is 12.0. The van der Waals surface area contributed by atoms with Gasteiger partial charge in [-0.1, -0.05) is 12.1 Å². The lowest BCUT2D eigenvalue weighted by Gasteiger charge is -2.12. The van der Waals surface area contributed by atoms with Crippen molar-refractivity contribution in [3.05, 3.63) is 45.2 Å². The Hall–Kier alpha value is -1.51. The van der Waals surface area contributed by atoms with Crippen molar-refractivity contribution >= 4 is 43.6 Å². The molecule has 1 heterocycles. The van der Waals surface area contributed by atoms with Crippen LogP contribution in [-0.4, -0.2) is 27.0 Å². The average molecular weight is 416 g/mol. The number of nitrogens with one attached hydrogen (secondary N) is 1. The molecule has 0 aliphatic carbocycles. The predicted octanol–water partition coefficient (Wildman–Crippen LogP) is 2.22. The van der Waals surface area contributed by atoms with Gasteiger partial charge >= 0.3 is 0 Å². The molecule has 21 heavy (non-hydrogen) atoms. The molecule has 0 spiro atoms. The van der Waals surface area contributed by atoms with E-state index in [9.17, 15) is 9.90 Å². The molecule has 0 unspecified atom stereocenters. The SMILES string of the molecule is N[C@@H](Cc1ccc(O)cc1)C(=O)Nc1ncc(Br)nc1Br. The van der Waals surface area contributed by atoms with Crippen molar-refractivity contribution in [3.8, 4) is 5.75 Å². The lowest BCUT2D eigenvalue weighted by Crippen LogP contribution is -2.37. The summed E-state index contributed by atoms with van der Waals surface area (Å²) in [6.07, 6.45) is 1.83. The van der Waals surface area contributed by atoms with Gasteiger partial charge in [-0.25, -0.2) is 9.97 Å². The van der Waals surface area contributed by atoms with Gasteiger partial charge in [0.05, 0.1) is 12.2 Å².